The van der Waals surface area contributed by atoms with E-state index in [1.54, 1.807) is 19.1 Å². The van der Waals surface area contributed by atoms with Crippen LogP contribution in [0.1, 0.15) is 0 Å². The molecule has 0 radical (unpaired) electrons. The van der Waals surface area contributed by atoms with E-state index in [1.165, 1.54) is 5.01 Å². The molecule has 5 heteroatoms. The first kappa shape index (κ1) is 11.0. The molecule has 2 amide bonds. The Hall–Kier alpha value is -1.07. The van der Waals surface area contributed by atoms with Crippen molar-refractivity contribution in [1.82, 2.24) is 5.01 Å². The average molecular weight is 258 g/mol. The van der Waals surface area contributed by atoms with Crippen molar-refractivity contribution in [2.24, 2.45) is 5.73 Å². The molecule has 0 atom stereocenters. The highest BCUT2D eigenvalue weighted by molar-refractivity contribution is 9.10. The Bertz CT molecular complexity index is 323. The van der Waals surface area contributed by atoms with Gasteiger partial charge >= 0.3 is 6.03 Å². The number of hydrogen-bond donors (Lipinski definition) is 1. The summed E-state index contributed by atoms with van der Waals surface area (Å²) in [6.07, 6.45) is 0. The fraction of sp³-hybridized carbons (Fsp3) is 0.222. The molecule has 2 N–H and O–H groups in total. The number of carbonyl (C=O) groups is 1. The van der Waals surface area contributed by atoms with Gasteiger partial charge in [0.25, 0.3) is 0 Å². The lowest BCUT2D eigenvalue weighted by Crippen LogP contribution is -2.45. The summed E-state index contributed by atoms with van der Waals surface area (Å²) in [4.78, 5) is 11.1. The van der Waals surface area contributed by atoms with E-state index in [2.05, 4.69) is 15.9 Å². The van der Waals surface area contributed by atoms with Gasteiger partial charge in [0.05, 0.1) is 5.69 Å². The van der Waals surface area contributed by atoms with Gasteiger partial charge in [-0.3, -0.25) is 0 Å². The maximum atomic E-state index is 11.1. The van der Waals surface area contributed by atoms with Crippen LogP contribution in [0.3, 0.4) is 0 Å². The highest BCUT2D eigenvalue weighted by atomic mass is 79.9. The van der Waals surface area contributed by atoms with Gasteiger partial charge in [-0.15, -0.1) is 0 Å². The van der Waals surface area contributed by atoms with E-state index in [0.29, 0.717) is 0 Å². The largest absolute Gasteiger partial charge is 0.350 e. The van der Waals surface area contributed by atoms with E-state index in [-0.39, 0.29) is 0 Å². The van der Waals surface area contributed by atoms with Gasteiger partial charge in [0, 0.05) is 18.6 Å². The summed E-state index contributed by atoms with van der Waals surface area (Å²) in [7, 11) is 3.51. The molecule has 0 spiro atoms. The minimum atomic E-state index is -0.502. The van der Waals surface area contributed by atoms with Crippen LogP contribution in [0.5, 0.6) is 0 Å². The Kier molecular flexibility index (Phi) is 3.49. The van der Waals surface area contributed by atoms with Crippen molar-refractivity contribution in [2.75, 3.05) is 19.1 Å². The monoisotopic (exact) mass is 257 g/mol. The number of benzene rings is 1. The molecule has 0 aliphatic rings. The third kappa shape index (κ3) is 2.46. The number of urea groups is 1. The molecule has 76 valence electrons. The minimum Gasteiger partial charge on any atom is -0.350 e. The molecular formula is C9H12BrN3O. The molecule has 0 bridgehead atoms. The van der Waals surface area contributed by atoms with Gasteiger partial charge < -0.3 is 5.73 Å². The van der Waals surface area contributed by atoms with Crippen LogP contribution in [-0.4, -0.2) is 25.1 Å². The standard InChI is InChI=1S/C9H12BrN3O/c1-12(2)13(9(11)14)8-5-3-7(10)4-6-8/h3-6H,1-2H3,(H2,11,14). The number of halogens is 1. The molecule has 14 heavy (non-hydrogen) atoms. The van der Waals surface area contributed by atoms with Crippen LogP contribution in [0.15, 0.2) is 28.7 Å². The van der Waals surface area contributed by atoms with Crippen LogP contribution in [0.4, 0.5) is 10.5 Å². The highest BCUT2D eigenvalue weighted by Crippen LogP contribution is 2.18. The number of hydrazine groups is 1. The van der Waals surface area contributed by atoms with E-state index < -0.39 is 6.03 Å². The predicted molar refractivity (Wildman–Crippen MR) is 59.9 cm³/mol. The number of nitrogens with two attached hydrogens (primary N) is 1. The minimum absolute atomic E-state index is 0.502. The molecule has 1 aromatic rings. The molecule has 1 rings (SSSR count). The summed E-state index contributed by atoms with van der Waals surface area (Å²) in [5.74, 6) is 0. The Balaban J connectivity index is 3.00. The number of carbonyl (C=O) groups excluding carboxylic acids is 1. The van der Waals surface area contributed by atoms with Crippen LogP contribution in [-0.2, 0) is 0 Å². The second-order valence-electron chi connectivity index (χ2n) is 2.97. The van der Waals surface area contributed by atoms with Crippen LogP contribution < -0.4 is 10.7 Å². The van der Waals surface area contributed by atoms with Crippen LogP contribution in [0.2, 0.25) is 0 Å². The number of anilines is 1. The molecular weight excluding hydrogens is 246 g/mol. The maximum Gasteiger partial charge on any atom is 0.334 e. The molecule has 0 aliphatic heterocycles. The van der Waals surface area contributed by atoms with E-state index in [0.717, 1.165) is 10.2 Å². The lowest BCUT2D eigenvalue weighted by molar-refractivity contribution is 0.239. The Morgan fingerprint density at radius 1 is 1.29 bits per heavy atom. The molecule has 0 aliphatic carbocycles. The van der Waals surface area contributed by atoms with Crippen LogP contribution in [0.25, 0.3) is 0 Å². The molecule has 0 unspecified atom stereocenters. The zero-order valence-electron chi connectivity index (χ0n) is 8.07. The van der Waals surface area contributed by atoms with Gasteiger partial charge in [0.15, 0.2) is 0 Å². The normalized spacial score (nSPS) is 10.3. The number of nitrogens with zero attached hydrogens (tertiary/aromatic N) is 2. The van der Waals surface area contributed by atoms with Crippen molar-refractivity contribution in [1.29, 1.82) is 0 Å². The molecule has 0 saturated carbocycles. The fourth-order valence-corrected chi connectivity index (χ4v) is 1.40. The van der Waals surface area contributed by atoms with Crippen molar-refractivity contribution in [2.45, 2.75) is 0 Å². The zero-order chi connectivity index (χ0) is 10.7. The highest BCUT2D eigenvalue weighted by Gasteiger charge is 2.13. The summed E-state index contributed by atoms with van der Waals surface area (Å²) in [5, 5.41) is 3.01. The third-order valence-electron chi connectivity index (χ3n) is 1.68. The second-order valence-corrected chi connectivity index (χ2v) is 3.89. The summed E-state index contributed by atoms with van der Waals surface area (Å²) < 4.78 is 0.962. The van der Waals surface area contributed by atoms with Gasteiger partial charge in [0.1, 0.15) is 0 Å². The lowest BCUT2D eigenvalue weighted by Gasteiger charge is -2.26. The molecule has 0 fully saturated rings. The molecule has 0 aromatic heterocycles. The Morgan fingerprint density at radius 2 is 1.79 bits per heavy atom. The smallest absolute Gasteiger partial charge is 0.334 e. The van der Waals surface area contributed by atoms with Crippen molar-refractivity contribution in [3.8, 4) is 0 Å². The first-order valence-corrected chi connectivity index (χ1v) is 4.84. The van der Waals surface area contributed by atoms with Crippen molar-refractivity contribution >= 4 is 27.6 Å². The molecule has 0 heterocycles. The first-order valence-electron chi connectivity index (χ1n) is 4.04. The Morgan fingerprint density at radius 3 is 2.14 bits per heavy atom. The maximum absolute atomic E-state index is 11.1. The van der Waals surface area contributed by atoms with Crippen molar-refractivity contribution in [3.05, 3.63) is 28.7 Å². The van der Waals surface area contributed by atoms with Crippen LogP contribution >= 0.6 is 15.9 Å². The van der Waals surface area contributed by atoms with Crippen molar-refractivity contribution in [3.63, 3.8) is 0 Å². The van der Waals surface area contributed by atoms with Gasteiger partial charge in [-0.2, -0.15) is 0 Å². The third-order valence-corrected chi connectivity index (χ3v) is 2.21. The van der Waals surface area contributed by atoms with Gasteiger partial charge in [0.2, 0.25) is 0 Å². The Labute approximate surface area is 91.4 Å². The predicted octanol–water partition coefficient (Wildman–Crippen LogP) is 1.81. The molecule has 0 saturated heterocycles. The number of rotatable bonds is 2. The second kappa shape index (κ2) is 4.43. The summed E-state index contributed by atoms with van der Waals surface area (Å²) >= 11 is 3.32. The van der Waals surface area contributed by atoms with E-state index in [9.17, 15) is 4.79 Å². The molecule has 1 aromatic carbocycles. The fourth-order valence-electron chi connectivity index (χ4n) is 1.14. The van der Waals surface area contributed by atoms with E-state index >= 15 is 0 Å². The van der Waals surface area contributed by atoms with Gasteiger partial charge in [-0.1, -0.05) is 15.9 Å². The van der Waals surface area contributed by atoms with Gasteiger partial charge in [-0.05, 0) is 24.3 Å². The molecule has 4 nitrogen and oxygen atoms in total. The van der Waals surface area contributed by atoms with E-state index in [1.807, 2.05) is 24.3 Å². The quantitative estimate of drug-likeness (QED) is 0.822. The number of hydrogen-bond acceptors (Lipinski definition) is 2. The van der Waals surface area contributed by atoms with Crippen molar-refractivity contribution < 1.29 is 4.79 Å². The number of primary amides is 1. The number of amides is 2. The lowest BCUT2D eigenvalue weighted by atomic mass is 10.3. The first-order chi connectivity index (χ1) is 6.52. The van der Waals surface area contributed by atoms with Gasteiger partial charge in [-0.25, -0.2) is 14.8 Å². The zero-order valence-corrected chi connectivity index (χ0v) is 9.65. The SMILES string of the molecule is CN(C)N(C(N)=O)c1ccc(Br)cc1. The average Bonchev–Trinajstić information content (AvgIpc) is 2.07. The summed E-state index contributed by atoms with van der Waals surface area (Å²) in [5.41, 5.74) is 5.98. The van der Waals surface area contributed by atoms with Crippen LogP contribution in [0, 0.1) is 0 Å². The van der Waals surface area contributed by atoms with E-state index in [4.69, 9.17) is 5.73 Å². The summed E-state index contributed by atoms with van der Waals surface area (Å²) in [6.45, 7) is 0. The summed E-state index contributed by atoms with van der Waals surface area (Å²) in [6, 6.07) is 6.84. The topological polar surface area (TPSA) is 49.6 Å².